The van der Waals surface area contributed by atoms with Gasteiger partial charge in [-0.2, -0.15) is 0 Å². The van der Waals surface area contributed by atoms with Crippen molar-refractivity contribution >= 4 is 98.2 Å². The molecule has 2 nitrogen and oxygen atoms in total. The summed E-state index contributed by atoms with van der Waals surface area (Å²) < 4.78 is 5.20. The van der Waals surface area contributed by atoms with Gasteiger partial charge in [-0.15, -0.1) is 0 Å². The van der Waals surface area contributed by atoms with Gasteiger partial charge < -0.3 is 0 Å². The normalized spacial score (nSPS) is 11.4. The predicted molar refractivity (Wildman–Crippen MR) is 258 cm³/mol. The van der Waals surface area contributed by atoms with Crippen LogP contribution in [0.4, 0.5) is 11.4 Å². The zero-order chi connectivity index (χ0) is 40.2. The average molecular weight is 939 g/mol. The standard InChI is InChI=1S/2C24H27ClGeNP/c2*1-18(2)22-16-11-17-23(19(3)4)24(22)27(26-25)28(20-12-7-5-8-13-20)21-14-9-6-10-15-21/h2*5-19H,1-4H3/p+2. The number of nitrogens with zero attached hydrogens (tertiary/aromatic N) is 2. The number of rotatable bonds is 14. The third-order valence-electron chi connectivity index (χ3n) is 9.94. The molecule has 0 atom stereocenters. The van der Waals surface area contributed by atoms with Crippen molar-refractivity contribution in [3.8, 4) is 0 Å². The number of anilines is 2. The molecule has 0 amide bonds. The predicted octanol–water partition coefficient (Wildman–Crippen LogP) is 12.6. The number of halogens is 2. The summed E-state index contributed by atoms with van der Waals surface area (Å²) in [5.74, 6) is 1.84. The second-order valence-corrected chi connectivity index (χ2v) is 26.0. The minimum atomic E-state index is -1.19. The Balaban J connectivity index is 0.000000214. The Morgan fingerprint density at radius 2 is 0.554 bits per heavy atom. The molecule has 0 aliphatic carbocycles. The molecule has 0 N–H and O–H groups in total. The number of para-hydroxylation sites is 2. The van der Waals surface area contributed by atoms with Crippen LogP contribution >= 0.6 is 36.2 Å². The molecule has 6 aromatic carbocycles. The van der Waals surface area contributed by atoms with Crippen molar-refractivity contribution in [2.45, 2.75) is 79.1 Å². The monoisotopic (exact) mass is 940 g/mol. The van der Waals surface area contributed by atoms with E-state index in [2.05, 4.69) is 220 Å². The van der Waals surface area contributed by atoms with Crippen molar-refractivity contribution < 1.29 is 0 Å². The molecule has 0 saturated heterocycles. The van der Waals surface area contributed by atoms with E-state index in [9.17, 15) is 0 Å². The summed E-state index contributed by atoms with van der Waals surface area (Å²) in [4.78, 5) is 0. The van der Waals surface area contributed by atoms with E-state index in [4.69, 9.17) is 20.0 Å². The van der Waals surface area contributed by atoms with Gasteiger partial charge in [0.05, 0.1) is 0 Å². The minimum absolute atomic E-state index is 0.459. The van der Waals surface area contributed by atoms with Crippen LogP contribution in [0, 0.1) is 0 Å². The van der Waals surface area contributed by atoms with E-state index in [0.29, 0.717) is 23.7 Å². The first-order valence-corrected chi connectivity index (χ1v) is 29.9. The van der Waals surface area contributed by atoms with Gasteiger partial charge >= 0.3 is 365 Å². The Morgan fingerprint density at radius 1 is 0.339 bits per heavy atom. The van der Waals surface area contributed by atoms with Crippen LogP contribution in [0.15, 0.2) is 158 Å². The van der Waals surface area contributed by atoms with Gasteiger partial charge in [0.1, 0.15) is 0 Å². The molecule has 0 unspecified atom stereocenters. The van der Waals surface area contributed by atoms with Gasteiger partial charge in [-0.05, 0) is 0 Å². The first-order valence-electron chi connectivity index (χ1n) is 19.6. The molecular formula is C48H56Cl2Ge2N2P2+2. The Labute approximate surface area is 361 Å². The van der Waals surface area contributed by atoms with E-state index in [1.54, 1.807) is 0 Å². The van der Waals surface area contributed by atoms with Crippen molar-refractivity contribution in [2.24, 2.45) is 0 Å². The molecule has 0 fully saturated rings. The van der Waals surface area contributed by atoms with Crippen LogP contribution in [0.3, 0.4) is 0 Å². The van der Waals surface area contributed by atoms with Gasteiger partial charge in [-0.3, -0.25) is 0 Å². The zero-order valence-electron chi connectivity index (χ0n) is 34.0. The van der Waals surface area contributed by atoms with Crippen molar-refractivity contribution in [3.63, 3.8) is 0 Å². The molecule has 0 aliphatic heterocycles. The van der Waals surface area contributed by atoms with Gasteiger partial charge in [-0.1, -0.05) is 0 Å². The SMILES string of the molecule is CC(C)c1cccc(C(C)C)c1[N]([Ge][Cl])[PH+](c1ccccc1)c1ccccc1.CC(C)c1cccc(C(C)C)c1[N]([Ge][Cl])[PH+](c1ccccc1)c1ccccc1. The molecule has 0 aliphatic rings. The second-order valence-electron chi connectivity index (χ2n) is 15.2. The van der Waals surface area contributed by atoms with Crippen LogP contribution < -0.4 is 28.5 Å². The Bertz CT molecular complexity index is 1790. The van der Waals surface area contributed by atoms with Crippen LogP contribution in [0.1, 0.15) is 101 Å². The summed E-state index contributed by atoms with van der Waals surface area (Å²) in [6.45, 7) is 18.3. The van der Waals surface area contributed by atoms with E-state index in [1.807, 2.05) is 0 Å². The second kappa shape index (κ2) is 22.0. The zero-order valence-corrected chi connectivity index (χ0v) is 41.7. The van der Waals surface area contributed by atoms with Crippen LogP contribution in [-0.4, -0.2) is 29.4 Å². The first-order chi connectivity index (χ1) is 27.1. The van der Waals surface area contributed by atoms with Crippen LogP contribution in [0.25, 0.3) is 0 Å². The average Bonchev–Trinajstić information content (AvgIpc) is 3.22. The third-order valence-corrected chi connectivity index (χ3v) is 23.7. The topological polar surface area (TPSA) is 6.48 Å². The summed E-state index contributed by atoms with van der Waals surface area (Å²) in [6, 6.07) is 57.2. The molecule has 0 aromatic heterocycles. The summed E-state index contributed by atoms with van der Waals surface area (Å²) in [7, 11) is 11.3. The van der Waals surface area contributed by atoms with Gasteiger partial charge in [-0.25, -0.2) is 0 Å². The third kappa shape index (κ3) is 10.9. The fraction of sp³-hybridized carbons (Fsp3) is 0.250. The van der Waals surface area contributed by atoms with E-state index < -0.39 is 45.6 Å². The number of hydrogen-bond donors (Lipinski definition) is 0. The molecule has 288 valence electrons. The maximum atomic E-state index is 6.83. The van der Waals surface area contributed by atoms with E-state index in [0.717, 1.165) is 0 Å². The molecule has 56 heavy (non-hydrogen) atoms. The van der Waals surface area contributed by atoms with Gasteiger partial charge in [0.25, 0.3) is 0 Å². The quantitative estimate of drug-likeness (QED) is 0.0793. The molecular weight excluding hydrogens is 883 g/mol. The fourth-order valence-corrected chi connectivity index (χ4v) is 21.3. The Kier molecular flexibility index (Phi) is 17.5. The van der Waals surface area contributed by atoms with Crippen molar-refractivity contribution in [2.75, 3.05) is 7.26 Å². The molecule has 0 heterocycles. The maximum absolute atomic E-state index is 6.83. The van der Waals surface area contributed by atoms with Crippen LogP contribution in [0.5, 0.6) is 0 Å². The van der Waals surface area contributed by atoms with E-state index in [1.165, 1.54) is 54.8 Å². The molecule has 0 bridgehead atoms. The fourth-order valence-electron chi connectivity index (χ4n) is 7.17. The Hall–Kier alpha value is -2.55. The molecule has 6 rings (SSSR count). The summed E-state index contributed by atoms with van der Waals surface area (Å²) in [5.41, 5.74) is 8.39. The molecule has 0 spiro atoms. The summed E-state index contributed by atoms with van der Waals surface area (Å²) in [5, 5.41) is 5.54. The molecule has 6 aromatic rings. The first kappa shape index (κ1) is 44.5. The van der Waals surface area contributed by atoms with Gasteiger partial charge in [0.15, 0.2) is 0 Å². The van der Waals surface area contributed by atoms with Gasteiger partial charge in [0, 0.05) is 0 Å². The van der Waals surface area contributed by atoms with Crippen LogP contribution in [0.2, 0.25) is 0 Å². The van der Waals surface area contributed by atoms with Crippen molar-refractivity contribution in [3.05, 3.63) is 180 Å². The summed E-state index contributed by atoms with van der Waals surface area (Å²) in [6.07, 6.45) is 0. The number of hydrogen-bond acceptors (Lipinski definition) is 2. The van der Waals surface area contributed by atoms with Gasteiger partial charge in [0.2, 0.25) is 0 Å². The molecule has 4 radical (unpaired) electrons. The van der Waals surface area contributed by atoms with E-state index >= 15 is 0 Å². The molecule has 8 heteroatoms. The Morgan fingerprint density at radius 3 is 0.732 bits per heavy atom. The van der Waals surface area contributed by atoms with Crippen LogP contribution in [-0.2, 0) is 0 Å². The van der Waals surface area contributed by atoms with Crippen molar-refractivity contribution in [1.82, 2.24) is 0 Å². The van der Waals surface area contributed by atoms with E-state index in [-0.39, 0.29) is 0 Å². The van der Waals surface area contributed by atoms with Crippen molar-refractivity contribution in [1.29, 1.82) is 0 Å². The summed E-state index contributed by atoms with van der Waals surface area (Å²) >= 11 is -1.64. The molecule has 0 saturated carbocycles. The number of benzene rings is 6.